The Morgan fingerprint density at radius 2 is 2.12 bits per heavy atom. The Labute approximate surface area is 152 Å². The Balaban J connectivity index is 2.26. The molecule has 26 heavy (non-hydrogen) atoms. The van der Waals surface area contributed by atoms with Gasteiger partial charge in [0.15, 0.2) is 6.17 Å². The van der Waals surface area contributed by atoms with Crippen LogP contribution in [0.1, 0.15) is 6.42 Å². The molecule has 0 radical (unpaired) electrons. The first-order valence-corrected chi connectivity index (χ1v) is 9.93. The number of carbonyl (C=O) groups is 3. The molecule has 11 heteroatoms. The van der Waals surface area contributed by atoms with Gasteiger partial charge >= 0.3 is 6.09 Å². The molecule has 0 aromatic carbocycles. The number of quaternary nitrogens is 1. The highest BCUT2D eigenvalue weighted by Crippen LogP contribution is 2.32. The van der Waals surface area contributed by atoms with Crippen molar-refractivity contribution in [3.05, 3.63) is 12.7 Å². The van der Waals surface area contributed by atoms with E-state index in [2.05, 4.69) is 6.58 Å². The molecule has 0 aliphatic carbocycles. The van der Waals surface area contributed by atoms with Gasteiger partial charge in [0.2, 0.25) is 12.3 Å². The molecule has 2 aliphatic heterocycles. The number of likely N-dealkylation sites (N-methyl/N-ethyl adjacent to an activating group) is 1. The van der Waals surface area contributed by atoms with Gasteiger partial charge in [0.05, 0.1) is 26.3 Å². The zero-order chi connectivity index (χ0) is 19.5. The number of nitrogens with zero attached hydrogens (tertiary/aromatic N) is 3. The largest absolute Gasteiger partial charge is 0.517 e. The molecule has 3 atom stereocenters. The summed E-state index contributed by atoms with van der Waals surface area (Å²) < 4.78 is 32.9. The summed E-state index contributed by atoms with van der Waals surface area (Å²) in [5.41, 5.74) is 0. The second-order valence-electron chi connectivity index (χ2n) is 6.62. The summed E-state index contributed by atoms with van der Waals surface area (Å²) in [6.45, 7) is 4.05. The second-order valence-corrected chi connectivity index (χ2v) is 8.22. The van der Waals surface area contributed by atoms with Crippen molar-refractivity contribution >= 4 is 28.5 Å². The van der Waals surface area contributed by atoms with E-state index >= 15 is 0 Å². The van der Waals surface area contributed by atoms with E-state index in [1.54, 1.807) is 7.05 Å². The van der Waals surface area contributed by atoms with Crippen molar-refractivity contribution in [3.63, 3.8) is 0 Å². The predicted octanol–water partition coefficient (Wildman–Crippen LogP) is -0.869. The zero-order valence-electron chi connectivity index (χ0n) is 14.9. The van der Waals surface area contributed by atoms with Crippen molar-refractivity contribution in [2.24, 2.45) is 0 Å². The van der Waals surface area contributed by atoms with Crippen LogP contribution in [0.15, 0.2) is 12.7 Å². The molecule has 0 spiro atoms. The first-order valence-electron chi connectivity index (χ1n) is 8.11. The van der Waals surface area contributed by atoms with Crippen molar-refractivity contribution in [2.45, 2.75) is 18.7 Å². The van der Waals surface area contributed by atoms with Crippen LogP contribution in [-0.2, 0) is 28.6 Å². The van der Waals surface area contributed by atoms with Crippen LogP contribution in [-0.4, -0.2) is 99.5 Å². The van der Waals surface area contributed by atoms with Crippen LogP contribution < -0.4 is 0 Å². The number of amides is 3. The van der Waals surface area contributed by atoms with Crippen molar-refractivity contribution in [1.29, 1.82) is 0 Å². The van der Waals surface area contributed by atoms with E-state index in [-0.39, 0.29) is 43.1 Å². The lowest BCUT2D eigenvalue weighted by atomic mass is 10.2. The SMILES string of the molecule is C=CCOC(=O)[N+]1(C)C[C@H](OS(C)(=O)=O)C[C@H]1N1CCN(C=O)CC1=O. The normalized spacial score (nSPS) is 29.5. The van der Waals surface area contributed by atoms with Gasteiger partial charge in [0.25, 0.3) is 10.1 Å². The number of hydrogen-bond donors (Lipinski definition) is 0. The lowest BCUT2D eigenvalue weighted by Crippen LogP contribution is -2.64. The molecule has 2 heterocycles. The maximum Gasteiger partial charge on any atom is 0.517 e. The minimum absolute atomic E-state index is 0.00383. The van der Waals surface area contributed by atoms with Crippen LogP contribution >= 0.6 is 0 Å². The quantitative estimate of drug-likeness (QED) is 0.251. The number of piperazine rings is 1. The topological polar surface area (TPSA) is 110 Å². The molecule has 1 unspecified atom stereocenters. The third-order valence-electron chi connectivity index (χ3n) is 4.56. The minimum atomic E-state index is -3.72. The molecule has 2 saturated heterocycles. The van der Waals surface area contributed by atoms with Crippen LogP contribution in [0.2, 0.25) is 0 Å². The smallest absolute Gasteiger partial charge is 0.416 e. The van der Waals surface area contributed by atoms with Gasteiger partial charge in [-0.15, -0.1) is 0 Å². The van der Waals surface area contributed by atoms with E-state index in [0.29, 0.717) is 13.0 Å². The Morgan fingerprint density at radius 3 is 2.65 bits per heavy atom. The third-order valence-corrected chi connectivity index (χ3v) is 5.18. The van der Waals surface area contributed by atoms with E-state index in [0.717, 1.165) is 6.26 Å². The van der Waals surface area contributed by atoms with Crippen LogP contribution in [0.4, 0.5) is 4.79 Å². The highest BCUT2D eigenvalue weighted by Gasteiger charge is 2.56. The Morgan fingerprint density at radius 1 is 1.42 bits per heavy atom. The molecule has 0 aromatic rings. The molecule has 2 rings (SSSR count). The van der Waals surface area contributed by atoms with Crippen molar-refractivity contribution in [1.82, 2.24) is 9.80 Å². The predicted molar refractivity (Wildman–Crippen MR) is 90.1 cm³/mol. The van der Waals surface area contributed by atoms with Gasteiger partial charge in [0.1, 0.15) is 19.3 Å². The lowest BCUT2D eigenvalue weighted by molar-refractivity contribution is -0.862. The number of likely N-dealkylation sites (tertiary alicyclic amines) is 1. The molecular formula is C15H24N3O7S+. The lowest BCUT2D eigenvalue weighted by Gasteiger charge is -2.41. The fraction of sp³-hybridized carbons (Fsp3) is 0.667. The number of rotatable bonds is 6. The summed E-state index contributed by atoms with van der Waals surface area (Å²) in [6, 6.07) is 0. The van der Waals surface area contributed by atoms with E-state index in [1.165, 1.54) is 15.9 Å². The minimum Gasteiger partial charge on any atom is -0.416 e. The molecular weight excluding hydrogens is 366 g/mol. The summed E-state index contributed by atoms with van der Waals surface area (Å²) in [6.07, 6.45) is 1.14. The first-order chi connectivity index (χ1) is 12.1. The number of carbonyl (C=O) groups excluding carboxylic acids is 3. The second kappa shape index (κ2) is 7.72. The summed E-state index contributed by atoms with van der Waals surface area (Å²) >= 11 is 0. The molecule has 0 N–H and O–H groups in total. The maximum atomic E-state index is 12.6. The Bertz CT molecular complexity index is 695. The molecule has 0 aromatic heterocycles. The van der Waals surface area contributed by atoms with Gasteiger partial charge < -0.3 is 9.64 Å². The molecule has 2 aliphatic rings. The van der Waals surface area contributed by atoms with Gasteiger partial charge in [-0.2, -0.15) is 13.2 Å². The summed E-state index contributed by atoms with van der Waals surface area (Å²) in [5.74, 6) is -0.311. The van der Waals surface area contributed by atoms with Crippen LogP contribution in [0.3, 0.4) is 0 Å². The molecule has 0 bridgehead atoms. The molecule has 0 saturated carbocycles. The van der Waals surface area contributed by atoms with Gasteiger partial charge in [0, 0.05) is 13.1 Å². The van der Waals surface area contributed by atoms with Gasteiger partial charge in [-0.05, 0) is 0 Å². The van der Waals surface area contributed by atoms with E-state index in [1.807, 2.05) is 0 Å². The molecule has 146 valence electrons. The Kier molecular flexibility index (Phi) is 6.04. The third kappa shape index (κ3) is 4.40. The molecule has 3 amide bonds. The average molecular weight is 390 g/mol. The van der Waals surface area contributed by atoms with Crippen LogP contribution in [0.25, 0.3) is 0 Å². The van der Waals surface area contributed by atoms with Gasteiger partial charge in [-0.25, -0.2) is 4.48 Å². The zero-order valence-corrected chi connectivity index (χ0v) is 15.7. The highest BCUT2D eigenvalue weighted by molar-refractivity contribution is 7.86. The van der Waals surface area contributed by atoms with Crippen LogP contribution in [0, 0.1) is 0 Å². The average Bonchev–Trinajstić information content (AvgIpc) is 2.87. The van der Waals surface area contributed by atoms with Gasteiger partial charge in [-0.3, -0.25) is 18.7 Å². The fourth-order valence-corrected chi connectivity index (χ4v) is 4.06. The van der Waals surface area contributed by atoms with Crippen molar-refractivity contribution in [3.8, 4) is 0 Å². The monoisotopic (exact) mass is 390 g/mol. The Hall–Kier alpha value is -1.98. The van der Waals surface area contributed by atoms with Gasteiger partial charge in [-0.1, -0.05) is 12.7 Å². The van der Waals surface area contributed by atoms with Crippen molar-refractivity contribution < 1.29 is 36.2 Å². The summed E-state index contributed by atoms with van der Waals surface area (Å²) in [5, 5.41) is 0. The van der Waals surface area contributed by atoms with Crippen molar-refractivity contribution in [2.75, 3.05) is 46.1 Å². The first kappa shape index (κ1) is 20.3. The fourth-order valence-electron chi connectivity index (χ4n) is 3.42. The number of ether oxygens (including phenoxy) is 1. The summed E-state index contributed by atoms with van der Waals surface area (Å²) in [4.78, 5) is 38.8. The summed E-state index contributed by atoms with van der Waals surface area (Å²) in [7, 11) is -2.13. The van der Waals surface area contributed by atoms with Crippen LogP contribution in [0.5, 0.6) is 0 Å². The van der Waals surface area contributed by atoms with E-state index in [4.69, 9.17) is 8.92 Å². The van der Waals surface area contributed by atoms with E-state index < -0.39 is 28.5 Å². The number of hydrogen-bond acceptors (Lipinski definition) is 7. The standard InChI is InChI=1S/C15H24N3O7S/c1-4-7-24-15(21)18(2)10-12(25-26(3,22)23)8-13(18)17-6-5-16(11-19)9-14(17)20/h4,11-13H,1,5-10H2,2-3H3/q+1/t12-,13+,18?/m1/s1. The van der Waals surface area contributed by atoms with E-state index in [9.17, 15) is 22.8 Å². The molecule has 2 fully saturated rings. The molecule has 10 nitrogen and oxygen atoms in total. The highest BCUT2D eigenvalue weighted by atomic mass is 32.2. The maximum absolute atomic E-state index is 12.6.